The molecule has 1 amide bonds. The van der Waals surface area contributed by atoms with E-state index in [0.29, 0.717) is 23.7 Å². The Morgan fingerprint density at radius 1 is 1.16 bits per heavy atom. The van der Waals surface area contributed by atoms with E-state index in [2.05, 4.69) is 20.4 Å². The molecule has 2 aromatic heterocycles. The minimum atomic E-state index is -0.957. The van der Waals surface area contributed by atoms with Crippen LogP contribution in [0.5, 0.6) is 5.75 Å². The molecule has 0 aliphatic carbocycles. The molecule has 2 aromatic carbocycles. The average molecular weight is 433 g/mol. The van der Waals surface area contributed by atoms with Gasteiger partial charge in [-0.15, -0.1) is 0 Å². The van der Waals surface area contributed by atoms with Crippen molar-refractivity contribution in [2.24, 2.45) is 12.0 Å². The minimum Gasteiger partial charge on any atom is -0.494 e. The summed E-state index contributed by atoms with van der Waals surface area (Å²) in [4.78, 5) is 21.4. The Balaban J connectivity index is 1.49. The number of aryl methyl sites for hydroxylation is 1. The maximum Gasteiger partial charge on any atom is 0.261 e. The lowest BCUT2D eigenvalue weighted by Crippen LogP contribution is -2.16. The number of amides is 1. The first-order chi connectivity index (χ1) is 15.5. The normalized spacial score (nSPS) is 12.6. The summed E-state index contributed by atoms with van der Waals surface area (Å²) < 4.78 is 36.2. The maximum absolute atomic E-state index is 14.9. The van der Waals surface area contributed by atoms with E-state index in [-0.39, 0.29) is 10.9 Å². The summed E-state index contributed by atoms with van der Waals surface area (Å²) in [7, 11) is 3.12. The Hall–Kier alpha value is -4.14. The summed E-state index contributed by atoms with van der Waals surface area (Å²) in [6.45, 7) is 0.477. The number of carbonyl (C=O) groups is 1. The van der Waals surface area contributed by atoms with Crippen LogP contribution in [0.3, 0.4) is 0 Å². The lowest BCUT2D eigenvalue weighted by Gasteiger charge is -2.12. The van der Waals surface area contributed by atoms with Gasteiger partial charge in [0.05, 0.1) is 42.7 Å². The molecule has 32 heavy (non-hydrogen) atoms. The number of methoxy groups -OCH3 is 1. The number of anilines is 1. The molecule has 0 unspecified atom stereocenters. The third-order valence-electron chi connectivity index (χ3n) is 5.46. The van der Waals surface area contributed by atoms with Crippen molar-refractivity contribution in [3.8, 4) is 5.75 Å². The van der Waals surface area contributed by atoms with Crippen molar-refractivity contribution in [2.45, 2.75) is 6.54 Å². The van der Waals surface area contributed by atoms with Crippen molar-refractivity contribution in [3.05, 3.63) is 82.8 Å². The summed E-state index contributed by atoms with van der Waals surface area (Å²) >= 11 is 0. The number of hydrogen-bond acceptors (Lipinski definition) is 5. The molecule has 3 heterocycles. The second-order valence-corrected chi connectivity index (χ2v) is 7.32. The second-order valence-electron chi connectivity index (χ2n) is 7.32. The van der Waals surface area contributed by atoms with Gasteiger partial charge in [-0.1, -0.05) is 6.07 Å². The van der Waals surface area contributed by atoms with Crippen molar-refractivity contribution in [1.29, 1.82) is 0 Å². The van der Waals surface area contributed by atoms with Crippen LogP contribution in [0.1, 0.15) is 27.0 Å². The molecule has 0 spiro atoms. The Labute approximate surface area is 181 Å². The van der Waals surface area contributed by atoms with Crippen LogP contribution in [-0.4, -0.2) is 33.5 Å². The molecule has 0 atom stereocenters. The Morgan fingerprint density at radius 3 is 2.81 bits per heavy atom. The highest BCUT2D eigenvalue weighted by Crippen LogP contribution is 2.30. The molecule has 1 aliphatic rings. The van der Waals surface area contributed by atoms with Crippen LogP contribution >= 0.6 is 0 Å². The summed E-state index contributed by atoms with van der Waals surface area (Å²) in [6, 6.07) is 8.14. The number of hydrogen-bond donors (Lipinski definition) is 1. The monoisotopic (exact) mass is 433 g/mol. The number of pyridine rings is 1. The third-order valence-corrected chi connectivity index (χ3v) is 5.46. The fourth-order valence-electron chi connectivity index (χ4n) is 3.85. The number of rotatable bonds is 4. The number of aromatic nitrogens is 3. The first-order valence-corrected chi connectivity index (χ1v) is 9.75. The molecule has 7 nitrogen and oxygen atoms in total. The van der Waals surface area contributed by atoms with Gasteiger partial charge in [-0.05, 0) is 23.8 Å². The fraction of sp³-hybridized carbons (Fsp3) is 0.130. The van der Waals surface area contributed by atoms with E-state index < -0.39 is 23.1 Å². The molecular weight excluding hydrogens is 416 g/mol. The quantitative estimate of drug-likeness (QED) is 0.530. The van der Waals surface area contributed by atoms with Crippen LogP contribution in [0, 0.1) is 11.6 Å². The van der Waals surface area contributed by atoms with Gasteiger partial charge in [0.25, 0.3) is 5.91 Å². The lowest BCUT2D eigenvalue weighted by molar-refractivity contribution is 0.101. The molecule has 1 N–H and O–H groups in total. The van der Waals surface area contributed by atoms with Crippen LogP contribution in [0.4, 0.5) is 14.5 Å². The van der Waals surface area contributed by atoms with Crippen LogP contribution in [0.2, 0.25) is 0 Å². The highest BCUT2D eigenvalue weighted by atomic mass is 19.1. The molecule has 5 rings (SSSR count). The number of ether oxygens (including phenoxy) is 1. The smallest absolute Gasteiger partial charge is 0.261 e. The number of carbonyl (C=O) groups excluding carboxylic acids is 1. The highest BCUT2D eigenvalue weighted by molar-refractivity contribution is 6.17. The van der Waals surface area contributed by atoms with E-state index in [9.17, 15) is 13.6 Å². The number of benzene rings is 2. The number of nitrogens with zero attached hydrogens (tertiary/aromatic N) is 4. The number of nitrogens with one attached hydrogen (secondary N) is 1. The van der Waals surface area contributed by atoms with Crippen molar-refractivity contribution >= 4 is 28.2 Å². The minimum absolute atomic E-state index is 0.0761. The second kappa shape index (κ2) is 7.52. The van der Waals surface area contributed by atoms with Crippen molar-refractivity contribution in [3.63, 3.8) is 0 Å². The maximum atomic E-state index is 14.9. The number of aliphatic imine (C=N–C) groups is 1. The van der Waals surface area contributed by atoms with E-state index >= 15 is 0 Å². The predicted octanol–water partition coefficient (Wildman–Crippen LogP) is 3.86. The van der Waals surface area contributed by atoms with Gasteiger partial charge in [-0.2, -0.15) is 5.10 Å². The summed E-state index contributed by atoms with van der Waals surface area (Å²) in [5, 5.41) is 6.60. The average Bonchev–Trinajstić information content (AvgIpc) is 3.37. The van der Waals surface area contributed by atoms with Crippen molar-refractivity contribution < 1.29 is 18.3 Å². The lowest BCUT2D eigenvalue weighted by atomic mass is 9.99. The van der Waals surface area contributed by atoms with Crippen molar-refractivity contribution in [2.75, 3.05) is 12.4 Å². The van der Waals surface area contributed by atoms with Gasteiger partial charge in [0.2, 0.25) is 0 Å². The van der Waals surface area contributed by atoms with E-state index in [1.165, 1.54) is 10.9 Å². The summed E-state index contributed by atoms with van der Waals surface area (Å²) in [6.07, 6.45) is 4.51. The third kappa shape index (κ3) is 3.09. The molecule has 1 aliphatic heterocycles. The largest absolute Gasteiger partial charge is 0.494 e. The van der Waals surface area contributed by atoms with E-state index in [1.807, 2.05) is 6.07 Å². The van der Waals surface area contributed by atoms with E-state index in [0.717, 1.165) is 22.8 Å². The van der Waals surface area contributed by atoms with Gasteiger partial charge in [-0.3, -0.25) is 19.5 Å². The topological polar surface area (TPSA) is 81.4 Å². The predicted molar refractivity (Wildman–Crippen MR) is 115 cm³/mol. The van der Waals surface area contributed by atoms with E-state index in [4.69, 9.17) is 4.74 Å². The molecule has 4 aromatic rings. The van der Waals surface area contributed by atoms with Gasteiger partial charge >= 0.3 is 0 Å². The van der Waals surface area contributed by atoms with Gasteiger partial charge < -0.3 is 10.1 Å². The zero-order chi connectivity index (χ0) is 22.4. The highest BCUT2D eigenvalue weighted by Gasteiger charge is 2.24. The van der Waals surface area contributed by atoms with E-state index in [1.54, 1.807) is 44.8 Å². The fourth-order valence-corrected chi connectivity index (χ4v) is 3.85. The summed E-state index contributed by atoms with van der Waals surface area (Å²) in [5.41, 5.74) is 3.23. The first-order valence-electron chi connectivity index (χ1n) is 9.75. The summed E-state index contributed by atoms with van der Waals surface area (Å²) in [5.74, 6) is -2.22. The SMILES string of the molecule is COc1cnccc1C1=NCc2ccc(NC(=O)c3c(F)cc4c(cnn4C)c3F)cc21. The van der Waals surface area contributed by atoms with Gasteiger partial charge in [-0.25, -0.2) is 8.78 Å². The zero-order valence-corrected chi connectivity index (χ0v) is 17.2. The Kier molecular flexibility index (Phi) is 4.66. The molecule has 0 bridgehead atoms. The molecule has 9 heteroatoms. The first kappa shape index (κ1) is 19.8. The van der Waals surface area contributed by atoms with Gasteiger partial charge in [0.1, 0.15) is 22.9 Å². The molecule has 0 saturated heterocycles. The van der Waals surface area contributed by atoms with Crippen LogP contribution in [-0.2, 0) is 13.6 Å². The Bertz CT molecular complexity index is 1430. The molecule has 0 fully saturated rings. The molecule has 0 radical (unpaired) electrons. The Morgan fingerprint density at radius 2 is 2.00 bits per heavy atom. The van der Waals surface area contributed by atoms with Crippen LogP contribution < -0.4 is 10.1 Å². The zero-order valence-electron chi connectivity index (χ0n) is 17.2. The standard InChI is InChI=1S/C23H17F2N5O2/c1-30-18-8-17(24)20(21(25)16(18)10-28-30)23(31)29-13-4-3-12-9-27-22(15(12)7-13)14-5-6-26-11-19(14)32-2/h3-8,10-11H,9H2,1-2H3,(H,29,31). The van der Waals surface area contributed by atoms with Crippen LogP contribution in [0.15, 0.2) is 53.9 Å². The van der Waals surface area contributed by atoms with Crippen LogP contribution in [0.25, 0.3) is 10.9 Å². The van der Waals surface area contributed by atoms with Gasteiger partial charge in [0.15, 0.2) is 0 Å². The molecule has 0 saturated carbocycles. The van der Waals surface area contributed by atoms with Crippen molar-refractivity contribution in [1.82, 2.24) is 14.8 Å². The number of halogens is 2. The van der Waals surface area contributed by atoms with Gasteiger partial charge in [0, 0.05) is 36.1 Å². The molecular formula is C23H17F2N5O2. The molecule has 160 valence electrons. The number of fused-ring (bicyclic) bond motifs is 2.